The van der Waals surface area contributed by atoms with Crippen molar-refractivity contribution in [1.29, 1.82) is 0 Å². The molecule has 1 aromatic rings. The van der Waals surface area contributed by atoms with Crippen LogP contribution in [0.3, 0.4) is 0 Å². The van der Waals surface area contributed by atoms with Crippen LogP contribution in [0, 0.1) is 6.92 Å². The first kappa shape index (κ1) is 13.6. The predicted octanol–water partition coefficient (Wildman–Crippen LogP) is -0.654. The summed E-state index contributed by atoms with van der Waals surface area (Å²) in [5, 5.41) is 27.4. The third kappa shape index (κ3) is 2.35. The topological polar surface area (TPSA) is 120 Å². The van der Waals surface area contributed by atoms with Crippen molar-refractivity contribution in [3.8, 4) is 5.75 Å². The van der Waals surface area contributed by atoms with Crippen molar-refractivity contribution in [2.24, 2.45) is 16.6 Å². The van der Waals surface area contributed by atoms with Gasteiger partial charge in [-0.2, -0.15) is 5.10 Å². The van der Waals surface area contributed by atoms with Crippen molar-refractivity contribution >= 4 is 11.9 Å². The van der Waals surface area contributed by atoms with Crippen LogP contribution in [0.15, 0.2) is 23.3 Å². The number of benzene rings is 1. The molecule has 2 rings (SSSR count). The van der Waals surface area contributed by atoms with E-state index >= 15 is 0 Å². The number of aliphatic hydroxyl groups excluding tert-OH is 1. The normalized spacial score (nSPS) is 25.9. The molecular weight excluding hydrogens is 246 g/mol. The zero-order valence-corrected chi connectivity index (χ0v) is 10.7. The van der Waals surface area contributed by atoms with Gasteiger partial charge in [-0.3, -0.25) is 10.7 Å². The van der Waals surface area contributed by atoms with E-state index in [-0.39, 0.29) is 18.9 Å². The van der Waals surface area contributed by atoms with Crippen molar-refractivity contribution in [1.82, 2.24) is 5.01 Å². The lowest BCUT2D eigenvalue weighted by atomic mass is 10.1. The summed E-state index contributed by atoms with van der Waals surface area (Å²) in [7, 11) is 0. The van der Waals surface area contributed by atoms with Gasteiger partial charge in [0.05, 0.1) is 13.2 Å². The van der Waals surface area contributed by atoms with Gasteiger partial charge in [-0.05, 0) is 19.1 Å². The highest BCUT2D eigenvalue weighted by molar-refractivity contribution is 5.71. The number of phenols is 1. The molecule has 0 saturated carbocycles. The van der Waals surface area contributed by atoms with Gasteiger partial charge in [0.15, 0.2) is 5.79 Å². The number of nitrogens with one attached hydrogen (secondary N) is 1. The summed E-state index contributed by atoms with van der Waals surface area (Å²) in [5.74, 6) is -0.948. The first-order chi connectivity index (χ1) is 8.99. The Morgan fingerprint density at radius 3 is 2.95 bits per heavy atom. The fraction of sp³-hybridized carbons (Fsp3) is 0.417. The molecule has 0 aromatic heterocycles. The quantitative estimate of drug-likeness (QED) is 0.461. The van der Waals surface area contributed by atoms with E-state index in [1.165, 1.54) is 11.2 Å². The van der Waals surface area contributed by atoms with E-state index in [0.717, 1.165) is 0 Å². The molecule has 7 nitrogen and oxygen atoms in total. The number of hydrogen-bond donors (Lipinski definition) is 5. The average molecular weight is 265 g/mol. The number of β-amino-alcohol motifs (C(OH)–C–C–N with tert-alkyl or cyclic N) is 1. The Hall–Kier alpha value is -1.83. The number of hydrazone groups is 1. The number of anilines is 1. The summed E-state index contributed by atoms with van der Waals surface area (Å²) >= 11 is 0. The second kappa shape index (κ2) is 5.04. The molecule has 2 unspecified atom stereocenters. The van der Waals surface area contributed by atoms with E-state index in [0.29, 0.717) is 11.3 Å². The van der Waals surface area contributed by atoms with Crippen LogP contribution in [-0.4, -0.2) is 46.4 Å². The zero-order chi connectivity index (χ0) is 14.0. The van der Waals surface area contributed by atoms with E-state index in [4.69, 9.17) is 16.6 Å². The van der Waals surface area contributed by atoms with E-state index in [1.54, 1.807) is 25.1 Å². The second-order valence-corrected chi connectivity index (χ2v) is 4.54. The van der Waals surface area contributed by atoms with Gasteiger partial charge >= 0.3 is 0 Å². The zero-order valence-electron chi connectivity index (χ0n) is 10.7. The van der Waals surface area contributed by atoms with Crippen molar-refractivity contribution in [3.63, 3.8) is 0 Å². The first-order valence-corrected chi connectivity index (χ1v) is 6.03. The number of aromatic hydroxyl groups is 1. The highest BCUT2D eigenvalue weighted by Crippen LogP contribution is 2.28. The minimum absolute atomic E-state index is 0.0797. The fourth-order valence-corrected chi connectivity index (χ4v) is 1.99. The van der Waals surface area contributed by atoms with Crippen LogP contribution in [0.2, 0.25) is 0 Å². The molecule has 1 aliphatic heterocycles. The Kier molecular flexibility index (Phi) is 3.61. The molecule has 0 amide bonds. The van der Waals surface area contributed by atoms with Crippen LogP contribution in [0.5, 0.6) is 5.75 Å². The van der Waals surface area contributed by atoms with Gasteiger partial charge in [-0.15, -0.1) is 0 Å². The lowest BCUT2D eigenvalue weighted by molar-refractivity contribution is 0.107. The molecule has 0 saturated heterocycles. The summed E-state index contributed by atoms with van der Waals surface area (Å²) in [5.41, 5.74) is 13.6. The summed E-state index contributed by atoms with van der Waals surface area (Å²) < 4.78 is 0. The maximum absolute atomic E-state index is 9.70. The molecule has 1 aliphatic rings. The van der Waals surface area contributed by atoms with E-state index in [9.17, 15) is 5.11 Å². The smallest absolute Gasteiger partial charge is 0.200 e. The summed E-state index contributed by atoms with van der Waals surface area (Å²) in [6.07, 6.45) is 1.53. The van der Waals surface area contributed by atoms with Gasteiger partial charge in [0.25, 0.3) is 0 Å². The van der Waals surface area contributed by atoms with E-state index in [1.807, 2.05) is 0 Å². The summed E-state index contributed by atoms with van der Waals surface area (Å²) in [6, 6.07) is 4.58. The van der Waals surface area contributed by atoms with Crippen molar-refractivity contribution in [2.45, 2.75) is 18.8 Å². The molecule has 0 bridgehead atoms. The Bertz CT molecular complexity index is 493. The third-order valence-corrected chi connectivity index (χ3v) is 3.25. The number of hydrogen-bond acceptors (Lipinski definition) is 7. The fourth-order valence-electron chi connectivity index (χ4n) is 1.99. The van der Waals surface area contributed by atoms with Gasteiger partial charge in [0.2, 0.25) is 0 Å². The maximum atomic E-state index is 9.70. The molecule has 0 fully saturated rings. The highest BCUT2D eigenvalue weighted by atomic mass is 16.3. The summed E-state index contributed by atoms with van der Waals surface area (Å²) in [4.78, 5) is 0. The second-order valence-electron chi connectivity index (χ2n) is 4.54. The van der Waals surface area contributed by atoms with Gasteiger partial charge in [0, 0.05) is 17.5 Å². The highest BCUT2D eigenvalue weighted by Gasteiger charge is 2.42. The summed E-state index contributed by atoms with van der Waals surface area (Å²) in [6.45, 7) is 1.97. The standard InChI is InChI=1S/C12H19N5O2/c1-8-9(3-2-4-10(8)19)16-12(14)11(13)7-15-17(12)5-6-18/h2-4,7,11,16,18-19H,5-6,13-14H2,1H3. The van der Waals surface area contributed by atoms with Crippen LogP contribution in [0.1, 0.15) is 5.56 Å². The van der Waals surface area contributed by atoms with Crippen LogP contribution in [0.25, 0.3) is 0 Å². The van der Waals surface area contributed by atoms with Gasteiger partial charge in [0.1, 0.15) is 11.8 Å². The van der Waals surface area contributed by atoms with Crippen molar-refractivity contribution in [2.75, 3.05) is 18.5 Å². The van der Waals surface area contributed by atoms with Crippen LogP contribution >= 0.6 is 0 Å². The number of nitrogens with zero attached hydrogens (tertiary/aromatic N) is 2. The lowest BCUT2D eigenvalue weighted by Crippen LogP contribution is -2.67. The molecular formula is C12H19N5O2. The number of rotatable bonds is 4. The molecule has 2 atom stereocenters. The third-order valence-electron chi connectivity index (χ3n) is 3.25. The largest absolute Gasteiger partial charge is 0.508 e. The molecule has 1 aromatic carbocycles. The Morgan fingerprint density at radius 1 is 1.53 bits per heavy atom. The van der Waals surface area contributed by atoms with Gasteiger partial charge in [-0.1, -0.05) is 6.07 Å². The molecule has 7 heteroatoms. The Morgan fingerprint density at radius 2 is 2.26 bits per heavy atom. The number of nitrogens with two attached hydrogens (primary N) is 2. The van der Waals surface area contributed by atoms with Crippen molar-refractivity contribution < 1.29 is 10.2 Å². The van der Waals surface area contributed by atoms with Crippen LogP contribution < -0.4 is 16.8 Å². The molecule has 7 N–H and O–H groups in total. The van der Waals surface area contributed by atoms with Gasteiger partial charge < -0.3 is 21.3 Å². The lowest BCUT2D eigenvalue weighted by Gasteiger charge is -2.38. The number of aliphatic hydroxyl groups is 1. The SMILES string of the molecule is Cc1c(O)cccc1NC1(N)C(N)C=NN1CCO. The van der Waals surface area contributed by atoms with Gasteiger partial charge in [-0.25, -0.2) is 0 Å². The maximum Gasteiger partial charge on any atom is 0.200 e. The molecule has 1 heterocycles. The Balaban J connectivity index is 2.27. The minimum atomic E-state index is -1.12. The molecule has 104 valence electrons. The Labute approximate surface area is 111 Å². The molecule has 19 heavy (non-hydrogen) atoms. The van der Waals surface area contributed by atoms with E-state index < -0.39 is 11.8 Å². The monoisotopic (exact) mass is 265 g/mol. The van der Waals surface area contributed by atoms with Crippen LogP contribution in [0.4, 0.5) is 5.69 Å². The first-order valence-electron chi connectivity index (χ1n) is 6.03. The van der Waals surface area contributed by atoms with Crippen LogP contribution in [-0.2, 0) is 0 Å². The minimum Gasteiger partial charge on any atom is -0.508 e. The average Bonchev–Trinajstić information content (AvgIpc) is 2.64. The van der Waals surface area contributed by atoms with E-state index in [2.05, 4.69) is 10.4 Å². The van der Waals surface area contributed by atoms with Crippen molar-refractivity contribution in [3.05, 3.63) is 23.8 Å². The molecule has 0 radical (unpaired) electrons. The molecule has 0 spiro atoms. The molecule has 0 aliphatic carbocycles. The number of phenolic OH excluding ortho intramolecular Hbond substituents is 1. The predicted molar refractivity (Wildman–Crippen MR) is 73.6 cm³/mol.